The summed E-state index contributed by atoms with van der Waals surface area (Å²) in [6.45, 7) is 2.34. The third-order valence-corrected chi connectivity index (χ3v) is 6.49. The van der Waals surface area contributed by atoms with Crippen LogP contribution in [0.2, 0.25) is 0 Å². The largest absolute Gasteiger partial charge is 0.507 e. The quantitative estimate of drug-likeness (QED) is 0.649. The molecule has 3 aromatic rings. The first kappa shape index (κ1) is 19.8. The molecule has 2 aliphatic heterocycles. The van der Waals surface area contributed by atoms with Gasteiger partial charge in [-0.05, 0) is 38.3 Å². The first-order valence-corrected chi connectivity index (χ1v) is 10.5. The maximum absolute atomic E-state index is 14.9. The van der Waals surface area contributed by atoms with Crippen LogP contribution in [0.5, 0.6) is 5.75 Å². The molecule has 10 heteroatoms. The van der Waals surface area contributed by atoms with E-state index in [9.17, 15) is 14.3 Å². The Balaban J connectivity index is 1.44. The summed E-state index contributed by atoms with van der Waals surface area (Å²) in [4.78, 5) is 22.9. The Labute approximate surface area is 178 Å². The van der Waals surface area contributed by atoms with E-state index < -0.39 is 6.17 Å². The second kappa shape index (κ2) is 7.52. The monoisotopic (exact) mass is 425 g/mol. The number of aryl methyl sites for hydroxylation is 1. The van der Waals surface area contributed by atoms with Crippen LogP contribution in [-0.4, -0.2) is 61.2 Å². The molecule has 2 aliphatic rings. The van der Waals surface area contributed by atoms with Crippen LogP contribution in [0.15, 0.2) is 29.5 Å². The number of aromatic nitrogens is 5. The molecule has 5 rings (SSSR count). The van der Waals surface area contributed by atoms with E-state index in [1.54, 1.807) is 11.0 Å². The second-order valence-corrected chi connectivity index (χ2v) is 8.27. The molecule has 0 aliphatic carbocycles. The van der Waals surface area contributed by atoms with E-state index in [2.05, 4.69) is 25.5 Å². The summed E-state index contributed by atoms with van der Waals surface area (Å²) in [7, 11) is 1.81. The van der Waals surface area contributed by atoms with E-state index in [0.717, 1.165) is 12.8 Å². The van der Waals surface area contributed by atoms with E-state index in [1.807, 2.05) is 14.0 Å². The number of benzene rings is 1. The van der Waals surface area contributed by atoms with Crippen LogP contribution in [-0.2, 0) is 6.54 Å². The lowest BCUT2D eigenvalue weighted by Gasteiger charge is -2.38. The van der Waals surface area contributed by atoms with Crippen molar-refractivity contribution in [3.05, 3.63) is 35.0 Å². The summed E-state index contributed by atoms with van der Waals surface area (Å²) < 4.78 is 16.3. The normalized spacial score (nSPS) is 25.1. The van der Waals surface area contributed by atoms with Gasteiger partial charge in [0.05, 0.1) is 35.0 Å². The van der Waals surface area contributed by atoms with Crippen LogP contribution in [0.4, 0.5) is 10.2 Å². The first-order chi connectivity index (χ1) is 15.0. The molecule has 2 bridgehead atoms. The molecule has 2 N–H and O–H groups in total. The summed E-state index contributed by atoms with van der Waals surface area (Å²) in [5.41, 5.74) is 0.554. The molecular weight excluding hydrogens is 401 g/mol. The van der Waals surface area contributed by atoms with Crippen molar-refractivity contribution in [2.24, 2.45) is 0 Å². The van der Waals surface area contributed by atoms with Crippen LogP contribution >= 0.6 is 0 Å². The molecule has 2 saturated heterocycles. The predicted molar refractivity (Wildman–Crippen MR) is 114 cm³/mol. The van der Waals surface area contributed by atoms with Crippen molar-refractivity contribution in [3.8, 4) is 17.1 Å². The van der Waals surface area contributed by atoms with Crippen molar-refractivity contribution in [2.75, 3.05) is 11.9 Å². The van der Waals surface area contributed by atoms with Gasteiger partial charge < -0.3 is 15.3 Å². The Hall–Kier alpha value is -3.14. The lowest BCUT2D eigenvalue weighted by molar-refractivity contribution is 0.176. The van der Waals surface area contributed by atoms with E-state index in [0.29, 0.717) is 41.3 Å². The number of phenolic OH excluding ortho intramolecular Hbond substituents is 1. The van der Waals surface area contributed by atoms with Gasteiger partial charge >= 0.3 is 0 Å². The predicted octanol–water partition coefficient (Wildman–Crippen LogP) is 1.64. The molecule has 1 aromatic carbocycles. The minimum atomic E-state index is -0.979. The second-order valence-electron chi connectivity index (χ2n) is 8.27. The Kier molecular flexibility index (Phi) is 4.81. The van der Waals surface area contributed by atoms with Crippen molar-refractivity contribution < 1.29 is 9.50 Å². The fraction of sp³-hybridized carbons (Fsp3) is 0.476. The highest BCUT2D eigenvalue weighted by molar-refractivity contribution is 5.85. The zero-order valence-electron chi connectivity index (χ0n) is 17.4. The first-order valence-electron chi connectivity index (χ1n) is 10.5. The smallest absolute Gasteiger partial charge is 0.261 e. The minimum Gasteiger partial charge on any atom is -0.507 e. The zero-order valence-corrected chi connectivity index (χ0v) is 17.4. The van der Waals surface area contributed by atoms with E-state index in [1.165, 1.54) is 23.2 Å². The summed E-state index contributed by atoms with van der Waals surface area (Å²) in [6.07, 6.45) is 4.60. The van der Waals surface area contributed by atoms with Gasteiger partial charge in [-0.25, -0.2) is 14.4 Å². The van der Waals surface area contributed by atoms with Crippen molar-refractivity contribution in [1.82, 2.24) is 30.0 Å². The van der Waals surface area contributed by atoms with Crippen LogP contribution in [0.1, 0.15) is 26.2 Å². The molecule has 31 heavy (non-hydrogen) atoms. The van der Waals surface area contributed by atoms with Gasteiger partial charge in [0, 0.05) is 25.7 Å². The molecule has 2 fully saturated rings. The highest BCUT2D eigenvalue weighted by atomic mass is 19.1. The third kappa shape index (κ3) is 3.31. The van der Waals surface area contributed by atoms with Crippen LogP contribution < -0.4 is 15.8 Å². The van der Waals surface area contributed by atoms with Crippen LogP contribution in [0.25, 0.3) is 22.3 Å². The number of alkyl halides is 1. The molecule has 9 nitrogen and oxygen atoms in total. The van der Waals surface area contributed by atoms with Crippen molar-refractivity contribution in [2.45, 2.75) is 57.0 Å². The molecule has 0 saturated carbocycles. The van der Waals surface area contributed by atoms with Crippen molar-refractivity contribution >= 4 is 16.7 Å². The summed E-state index contributed by atoms with van der Waals surface area (Å²) in [6, 6.07) is 2.91. The molecular formula is C21H24FN7O2. The Morgan fingerprint density at radius 1 is 1.29 bits per heavy atom. The Morgan fingerprint density at radius 3 is 2.87 bits per heavy atom. The molecule has 4 heterocycles. The summed E-state index contributed by atoms with van der Waals surface area (Å²) >= 11 is 0. The number of anilines is 1. The number of aromatic hydroxyl groups is 1. The number of nitrogens with one attached hydrogen (secondary N) is 1. The molecule has 4 atom stereocenters. The maximum Gasteiger partial charge on any atom is 0.261 e. The van der Waals surface area contributed by atoms with E-state index in [4.69, 9.17) is 0 Å². The van der Waals surface area contributed by atoms with Crippen LogP contribution in [0, 0.1) is 0 Å². The van der Waals surface area contributed by atoms with Crippen molar-refractivity contribution in [1.29, 1.82) is 0 Å². The molecule has 162 valence electrons. The number of hydrogen-bond acceptors (Lipinski definition) is 8. The summed E-state index contributed by atoms with van der Waals surface area (Å²) in [5.74, 6) is 0.559. The number of phenols is 1. The average molecular weight is 425 g/mol. The topological polar surface area (TPSA) is 109 Å². The van der Waals surface area contributed by atoms with Gasteiger partial charge in [-0.15, -0.1) is 10.2 Å². The van der Waals surface area contributed by atoms with Gasteiger partial charge in [-0.3, -0.25) is 9.36 Å². The Bertz CT molecular complexity index is 1180. The van der Waals surface area contributed by atoms with Crippen molar-refractivity contribution in [3.63, 3.8) is 0 Å². The van der Waals surface area contributed by atoms with Gasteiger partial charge in [-0.2, -0.15) is 0 Å². The van der Waals surface area contributed by atoms with Gasteiger partial charge in [0.25, 0.3) is 5.56 Å². The zero-order chi connectivity index (χ0) is 21.7. The van der Waals surface area contributed by atoms with E-state index in [-0.39, 0.29) is 29.2 Å². The molecule has 2 aromatic heterocycles. The molecule has 0 radical (unpaired) electrons. The third-order valence-electron chi connectivity index (χ3n) is 6.49. The van der Waals surface area contributed by atoms with E-state index >= 15 is 0 Å². The standard InChI is InChI=1S/C21H24FN7O2/c1-3-29-10-24-15-7-13(17(30)8-12(15)21(29)31)20-23-9-18(26-27-20)28(2)16-6-11-4-5-14(25-11)19(16)22/h7-11,14,16,19,25,30H,3-6H2,1-2H3/t11?,14?,16?,19-/m1/s1. The van der Waals surface area contributed by atoms with Gasteiger partial charge in [0.2, 0.25) is 0 Å². The van der Waals surface area contributed by atoms with Gasteiger partial charge in [0.15, 0.2) is 11.6 Å². The summed E-state index contributed by atoms with van der Waals surface area (Å²) in [5, 5.41) is 22.5. The average Bonchev–Trinajstić information content (AvgIpc) is 3.20. The number of hydrogen-bond donors (Lipinski definition) is 2. The fourth-order valence-electron chi connectivity index (χ4n) is 4.67. The number of halogens is 1. The maximum atomic E-state index is 14.9. The fourth-order valence-corrected chi connectivity index (χ4v) is 4.67. The number of nitrogens with zero attached hydrogens (tertiary/aromatic N) is 6. The minimum absolute atomic E-state index is 0.106. The molecule has 3 unspecified atom stereocenters. The lowest BCUT2D eigenvalue weighted by Crippen LogP contribution is -2.55. The molecule has 0 amide bonds. The highest BCUT2D eigenvalue weighted by Gasteiger charge is 2.43. The number of rotatable bonds is 4. The highest BCUT2D eigenvalue weighted by Crippen LogP contribution is 2.33. The van der Waals surface area contributed by atoms with Crippen LogP contribution in [0.3, 0.4) is 0 Å². The van der Waals surface area contributed by atoms with Gasteiger partial charge in [0.1, 0.15) is 11.9 Å². The SMILES string of the molecule is CCn1cnc2cc(-c3ncc(N(C)C4CC5CCC(N5)[C@H]4F)nn3)c(O)cc2c1=O. The van der Waals surface area contributed by atoms with Gasteiger partial charge in [-0.1, -0.05) is 0 Å². The molecule has 0 spiro atoms. The lowest BCUT2D eigenvalue weighted by atomic mass is 9.96. The Morgan fingerprint density at radius 2 is 2.13 bits per heavy atom. The number of fused-ring (bicyclic) bond motifs is 3. The number of piperidine rings is 1.